The van der Waals surface area contributed by atoms with Crippen LogP contribution in [0.15, 0.2) is 167 Å². The molecule has 3 heterocycles. The first kappa shape index (κ1) is 28.1. The molecule has 0 unspecified atom stereocenters. The minimum atomic E-state index is 0.537. The van der Waals surface area contributed by atoms with Gasteiger partial charge in [0.25, 0.3) is 0 Å². The SMILES string of the molecule is c1ccc(-c2ccc(-c3nc(-c4ccccc4)nc(-c4cc5oc6ccccc6c5c5c4ccc4nc(-c6ccccc6)oc45)n3)cc2)cc1. The highest BCUT2D eigenvalue weighted by Gasteiger charge is 2.22. The summed E-state index contributed by atoms with van der Waals surface area (Å²) in [4.78, 5) is 20.1. The van der Waals surface area contributed by atoms with Crippen LogP contribution in [0.3, 0.4) is 0 Å². The average molecular weight is 643 g/mol. The van der Waals surface area contributed by atoms with Crippen molar-refractivity contribution in [1.82, 2.24) is 19.9 Å². The minimum Gasteiger partial charge on any atom is -0.456 e. The normalized spacial score (nSPS) is 11.6. The summed E-state index contributed by atoms with van der Waals surface area (Å²) in [5.41, 5.74) is 8.76. The second-order valence-corrected chi connectivity index (χ2v) is 12.2. The zero-order valence-electron chi connectivity index (χ0n) is 26.6. The van der Waals surface area contributed by atoms with E-state index in [1.165, 1.54) is 0 Å². The molecule has 10 rings (SSSR count). The van der Waals surface area contributed by atoms with E-state index in [0.29, 0.717) is 34.5 Å². The molecule has 7 aromatic carbocycles. The van der Waals surface area contributed by atoms with Gasteiger partial charge in [-0.3, -0.25) is 0 Å². The molecule has 0 aliphatic heterocycles. The van der Waals surface area contributed by atoms with Gasteiger partial charge >= 0.3 is 0 Å². The van der Waals surface area contributed by atoms with E-state index in [2.05, 4.69) is 48.5 Å². The van der Waals surface area contributed by atoms with Crippen LogP contribution in [0.1, 0.15) is 0 Å². The van der Waals surface area contributed by atoms with Crippen molar-refractivity contribution in [2.75, 3.05) is 0 Å². The summed E-state index contributed by atoms with van der Waals surface area (Å²) in [5, 5.41) is 3.81. The third-order valence-corrected chi connectivity index (χ3v) is 9.18. The van der Waals surface area contributed by atoms with E-state index in [-0.39, 0.29) is 0 Å². The van der Waals surface area contributed by atoms with E-state index >= 15 is 0 Å². The molecule has 0 spiro atoms. The maximum absolute atomic E-state index is 6.61. The van der Waals surface area contributed by atoms with Gasteiger partial charge in [0.2, 0.25) is 5.89 Å². The Labute approximate surface area is 286 Å². The first-order valence-electron chi connectivity index (χ1n) is 16.5. The van der Waals surface area contributed by atoms with Crippen LogP contribution in [0.5, 0.6) is 0 Å². The number of nitrogens with zero attached hydrogens (tertiary/aromatic N) is 4. The van der Waals surface area contributed by atoms with Gasteiger partial charge in [-0.05, 0) is 46.8 Å². The number of fused-ring (bicyclic) bond motifs is 7. The van der Waals surface area contributed by atoms with Gasteiger partial charge in [-0.25, -0.2) is 19.9 Å². The molecule has 0 bridgehead atoms. The van der Waals surface area contributed by atoms with E-state index < -0.39 is 0 Å². The zero-order valence-corrected chi connectivity index (χ0v) is 26.6. The van der Waals surface area contributed by atoms with E-state index in [1.807, 2.05) is 109 Å². The van der Waals surface area contributed by atoms with E-state index in [1.54, 1.807) is 0 Å². The van der Waals surface area contributed by atoms with Crippen molar-refractivity contribution in [3.8, 4) is 56.7 Å². The first-order chi connectivity index (χ1) is 24.8. The topological polar surface area (TPSA) is 77.8 Å². The van der Waals surface area contributed by atoms with Gasteiger partial charge in [0, 0.05) is 38.4 Å². The molecule has 0 aliphatic carbocycles. The summed E-state index contributed by atoms with van der Waals surface area (Å²) in [7, 11) is 0. The average Bonchev–Trinajstić information content (AvgIpc) is 3.81. The molecule has 0 fully saturated rings. The minimum absolute atomic E-state index is 0.537. The number of hydrogen-bond acceptors (Lipinski definition) is 6. The standard InChI is InChI=1S/C44H26N4O2/c1-4-12-27(13-5-1)28-20-22-30(23-21-28)42-46-41(29-14-6-2-7-15-29)47-43(48-42)34-26-37-38(33-18-10-11-19-36(33)49-37)39-32(34)24-25-35-40(39)50-44(45-35)31-16-8-3-9-17-31/h1-26H. The lowest BCUT2D eigenvalue weighted by Gasteiger charge is -2.11. The second-order valence-electron chi connectivity index (χ2n) is 12.2. The second kappa shape index (κ2) is 11.4. The smallest absolute Gasteiger partial charge is 0.227 e. The molecule has 0 aliphatic rings. The van der Waals surface area contributed by atoms with E-state index in [4.69, 9.17) is 28.8 Å². The number of rotatable bonds is 5. The summed E-state index contributed by atoms with van der Waals surface area (Å²) in [6.07, 6.45) is 0. The maximum Gasteiger partial charge on any atom is 0.227 e. The van der Waals surface area contributed by atoms with Gasteiger partial charge in [0.05, 0.1) is 0 Å². The quantitative estimate of drug-likeness (QED) is 0.186. The molecule has 0 saturated heterocycles. The van der Waals surface area contributed by atoms with E-state index in [9.17, 15) is 0 Å². The number of aromatic nitrogens is 4. The molecule has 6 nitrogen and oxygen atoms in total. The van der Waals surface area contributed by atoms with Crippen molar-refractivity contribution in [1.29, 1.82) is 0 Å². The summed E-state index contributed by atoms with van der Waals surface area (Å²) in [6, 6.07) is 52.9. The zero-order chi connectivity index (χ0) is 33.0. The fraction of sp³-hybridized carbons (Fsp3) is 0. The van der Waals surface area contributed by atoms with Crippen LogP contribution >= 0.6 is 0 Å². The first-order valence-corrected chi connectivity index (χ1v) is 16.5. The van der Waals surface area contributed by atoms with Crippen molar-refractivity contribution in [2.24, 2.45) is 0 Å². The van der Waals surface area contributed by atoms with Crippen LogP contribution < -0.4 is 0 Å². The van der Waals surface area contributed by atoms with Crippen LogP contribution in [0.4, 0.5) is 0 Å². The third-order valence-electron chi connectivity index (χ3n) is 9.18. The number of para-hydroxylation sites is 1. The largest absolute Gasteiger partial charge is 0.456 e. The molecule has 0 N–H and O–H groups in total. The lowest BCUT2D eigenvalue weighted by atomic mass is 9.97. The Morgan fingerprint density at radius 2 is 0.920 bits per heavy atom. The van der Waals surface area contributed by atoms with Crippen LogP contribution in [-0.4, -0.2) is 19.9 Å². The maximum atomic E-state index is 6.61. The van der Waals surface area contributed by atoms with Crippen molar-refractivity contribution in [3.05, 3.63) is 158 Å². The molecule has 0 amide bonds. The number of oxazole rings is 1. The highest BCUT2D eigenvalue weighted by Crippen LogP contribution is 2.43. The molecule has 50 heavy (non-hydrogen) atoms. The van der Waals surface area contributed by atoms with Crippen molar-refractivity contribution < 1.29 is 8.83 Å². The van der Waals surface area contributed by atoms with Crippen molar-refractivity contribution in [3.63, 3.8) is 0 Å². The number of benzene rings is 7. The molecule has 6 heteroatoms. The summed E-state index contributed by atoms with van der Waals surface area (Å²) in [6.45, 7) is 0. The summed E-state index contributed by atoms with van der Waals surface area (Å²) >= 11 is 0. The predicted octanol–water partition coefficient (Wildman–Crippen LogP) is 11.4. The summed E-state index contributed by atoms with van der Waals surface area (Å²) < 4.78 is 13.1. The van der Waals surface area contributed by atoms with Crippen LogP contribution in [0.2, 0.25) is 0 Å². The Balaban J connectivity index is 1.24. The highest BCUT2D eigenvalue weighted by atomic mass is 16.3. The summed E-state index contributed by atoms with van der Waals surface area (Å²) in [5.74, 6) is 2.27. The van der Waals surface area contributed by atoms with Crippen LogP contribution in [0.25, 0.3) is 101 Å². The number of furan rings is 1. The van der Waals surface area contributed by atoms with Gasteiger partial charge in [0.15, 0.2) is 23.1 Å². The molecule has 234 valence electrons. The fourth-order valence-corrected chi connectivity index (χ4v) is 6.77. The van der Waals surface area contributed by atoms with Gasteiger partial charge in [-0.1, -0.05) is 127 Å². The lowest BCUT2D eigenvalue weighted by Crippen LogP contribution is -2.00. The van der Waals surface area contributed by atoms with E-state index in [0.717, 1.165) is 66.0 Å². The Morgan fingerprint density at radius 3 is 1.64 bits per heavy atom. The van der Waals surface area contributed by atoms with Gasteiger partial charge in [-0.2, -0.15) is 0 Å². The Bertz CT molecular complexity index is 2840. The molecular weight excluding hydrogens is 617 g/mol. The van der Waals surface area contributed by atoms with Gasteiger partial charge in [-0.15, -0.1) is 0 Å². The molecule has 3 aromatic heterocycles. The molecular formula is C44H26N4O2. The lowest BCUT2D eigenvalue weighted by molar-refractivity contribution is 0.623. The molecule has 10 aromatic rings. The Hall–Kier alpha value is -6.92. The third kappa shape index (κ3) is 4.65. The van der Waals surface area contributed by atoms with Crippen molar-refractivity contribution >= 4 is 43.8 Å². The number of hydrogen-bond donors (Lipinski definition) is 0. The monoisotopic (exact) mass is 642 g/mol. The highest BCUT2D eigenvalue weighted by molar-refractivity contribution is 6.27. The molecule has 0 radical (unpaired) electrons. The molecule has 0 saturated carbocycles. The van der Waals surface area contributed by atoms with Gasteiger partial charge < -0.3 is 8.83 Å². The predicted molar refractivity (Wildman–Crippen MR) is 199 cm³/mol. The van der Waals surface area contributed by atoms with Crippen LogP contribution in [0, 0.1) is 0 Å². The van der Waals surface area contributed by atoms with Crippen LogP contribution in [-0.2, 0) is 0 Å². The fourth-order valence-electron chi connectivity index (χ4n) is 6.77. The van der Waals surface area contributed by atoms with Crippen molar-refractivity contribution in [2.45, 2.75) is 0 Å². The Kier molecular flexibility index (Phi) is 6.39. The molecule has 0 atom stereocenters. The van der Waals surface area contributed by atoms with Gasteiger partial charge in [0.1, 0.15) is 16.7 Å². The Morgan fingerprint density at radius 1 is 0.360 bits per heavy atom.